The normalized spacial score (nSPS) is 18.4. The molecule has 1 aliphatic heterocycles. The van der Waals surface area contributed by atoms with Gasteiger partial charge in [-0.2, -0.15) is 0 Å². The Morgan fingerprint density at radius 1 is 1.26 bits per heavy atom. The van der Waals surface area contributed by atoms with Crippen LogP contribution >= 0.6 is 0 Å². The Labute approximate surface area is 115 Å². The lowest BCUT2D eigenvalue weighted by Crippen LogP contribution is -2.37. The lowest BCUT2D eigenvalue weighted by Gasteiger charge is -2.35. The van der Waals surface area contributed by atoms with Gasteiger partial charge in [0.25, 0.3) is 0 Å². The molecule has 1 fully saturated rings. The first-order valence-corrected chi connectivity index (χ1v) is 6.87. The van der Waals surface area contributed by atoms with Gasteiger partial charge in [0, 0.05) is 37.5 Å². The summed E-state index contributed by atoms with van der Waals surface area (Å²) < 4.78 is 10.9. The highest BCUT2D eigenvalue weighted by Crippen LogP contribution is 2.35. The van der Waals surface area contributed by atoms with E-state index >= 15 is 0 Å². The Morgan fingerprint density at radius 3 is 2.47 bits per heavy atom. The molecule has 19 heavy (non-hydrogen) atoms. The molecule has 1 aromatic carbocycles. The van der Waals surface area contributed by atoms with Gasteiger partial charge in [0.2, 0.25) is 0 Å². The maximum Gasteiger partial charge on any atom is 0.125 e. The summed E-state index contributed by atoms with van der Waals surface area (Å²) in [5, 5.41) is 0. The van der Waals surface area contributed by atoms with E-state index in [2.05, 4.69) is 11.0 Å². The number of anilines is 1. The Balaban J connectivity index is 2.25. The average Bonchev–Trinajstić information content (AvgIpc) is 2.46. The molecule has 1 atom stereocenters. The molecule has 0 radical (unpaired) electrons. The minimum atomic E-state index is -0.0358. The van der Waals surface area contributed by atoms with Crippen molar-refractivity contribution in [1.29, 1.82) is 0 Å². The van der Waals surface area contributed by atoms with Crippen LogP contribution in [0.1, 0.15) is 31.4 Å². The molecule has 0 amide bonds. The van der Waals surface area contributed by atoms with Crippen LogP contribution in [0.15, 0.2) is 18.2 Å². The third-order valence-corrected chi connectivity index (χ3v) is 3.83. The van der Waals surface area contributed by atoms with Crippen LogP contribution in [0.5, 0.6) is 5.75 Å². The quantitative estimate of drug-likeness (QED) is 0.906. The maximum absolute atomic E-state index is 6.12. The van der Waals surface area contributed by atoms with Gasteiger partial charge >= 0.3 is 0 Å². The van der Waals surface area contributed by atoms with Crippen molar-refractivity contribution in [2.45, 2.75) is 31.9 Å². The number of hydrogen-bond acceptors (Lipinski definition) is 4. The van der Waals surface area contributed by atoms with E-state index in [9.17, 15) is 0 Å². The minimum absolute atomic E-state index is 0.0358. The molecule has 1 aromatic rings. The zero-order valence-electron chi connectivity index (χ0n) is 12.1. The van der Waals surface area contributed by atoms with Gasteiger partial charge in [0.05, 0.1) is 13.2 Å². The second-order valence-corrected chi connectivity index (χ2v) is 5.10. The van der Waals surface area contributed by atoms with Gasteiger partial charge in [-0.3, -0.25) is 0 Å². The summed E-state index contributed by atoms with van der Waals surface area (Å²) >= 11 is 0. The highest BCUT2D eigenvalue weighted by Gasteiger charge is 2.23. The van der Waals surface area contributed by atoms with Crippen LogP contribution in [0.2, 0.25) is 0 Å². The summed E-state index contributed by atoms with van der Waals surface area (Å²) in [6.45, 7) is 4.01. The predicted octanol–water partition coefficient (Wildman–Crippen LogP) is 2.33. The van der Waals surface area contributed by atoms with Crippen LogP contribution in [-0.4, -0.2) is 33.4 Å². The lowest BCUT2D eigenvalue weighted by atomic mass is 10.0. The van der Waals surface area contributed by atoms with E-state index in [0.717, 1.165) is 37.2 Å². The van der Waals surface area contributed by atoms with Crippen LogP contribution in [-0.2, 0) is 4.74 Å². The standard InChI is InChI=1S/C15H24N2O2/c1-11(16)15-13(5-4-6-14(15)19-3)17-9-7-12(18-2)8-10-17/h4-6,11-12H,7-10,16H2,1-3H3/t11-/m1/s1. The lowest BCUT2D eigenvalue weighted by molar-refractivity contribution is 0.0819. The van der Waals surface area contributed by atoms with Gasteiger partial charge in [-0.05, 0) is 31.9 Å². The topological polar surface area (TPSA) is 47.7 Å². The molecule has 4 heteroatoms. The molecular weight excluding hydrogens is 240 g/mol. The first-order valence-electron chi connectivity index (χ1n) is 6.87. The van der Waals surface area contributed by atoms with E-state index < -0.39 is 0 Å². The van der Waals surface area contributed by atoms with Crippen molar-refractivity contribution in [2.75, 3.05) is 32.2 Å². The fraction of sp³-hybridized carbons (Fsp3) is 0.600. The van der Waals surface area contributed by atoms with Crippen molar-refractivity contribution < 1.29 is 9.47 Å². The Kier molecular flexibility index (Phi) is 4.66. The van der Waals surface area contributed by atoms with E-state index in [0.29, 0.717) is 6.10 Å². The van der Waals surface area contributed by atoms with Gasteiger partial charge in [0.1, 0.15) is 5.75 Å². The molecule has 0 spiro atoms. The van der Waals surface area contributed by atoms with E-state index in [4.69, 9.17) is 15.2 Å². The zero-order valence-corrected chi connectivity index (χ0v) is 12.1. The van der Waals surface area contributed by atoms with Crippen molar-refractivity contribution in [3.8, 4) is 5.75 Å². The van der Waals surface area contributed by atoms with E-state index in [1.54, 1.807) is 14.2 Å². The molecule has 1 saturated heterocycles. The smallest absolute Gasteiger partial charge is 0.125 e. The molecule has 1 heterocycles. The van der Waals surface area contributed by atoms with Gasteiger partial charge in [-0.1, -0.05) is 6.07 Å². The molecule has 0 aromatic heterocycles. The summed E-state index contributed by atoms with van der Waals surface area (Å²) in [6, 6.07) is 6.10. The number of hydrogen-bond donors (Lipinski definition) is 1. The summed E-state index contributed by atoms with van der Waals surface area (Å²) in [4.78, 5) is 2.39. The molecule has 0 aliphatic carbocycles. The van der Waals surface area contributed by atoms with Crippen LogP contribution in [0.4, 0.5) is 5.69 Å². The fourth-order valence-electron chi connectivity index (χ4n) is 2.78. The zero-order chi connectivity index (χ0) is 13.8. The molecule has 2 rings (SSSR count). The molecule has 1 aliphatic rings. The summed E-state index contributed by atoms with van der Waals surface area (Å²) in [5.74, 6) is 0.876. The van der Waals surface area contributed by atoms with Gasteiger partial charge < -0.3 is 20.1 Å². The summed E-state index contributed by atoms with van der Waals surface area (Å²) in [6.07, 6.45) is 2.51. The second-order valence-electron chi connectivity index (χ2n) is 5.10. The summed E-state index contributed by atoms with van der Waals surface area (Å²) in [5.41, 5.74) is 8.42. The Morgan fingerprint density at radius 2 is 1.95 bits per heavy atom. The van der Waals surface area contributed by atoms with Crippen molar-refractivity contribution in [1.82, 2.24) is 0 Å². The number of rotatable bonds is 4. The molecule has 0 bridgehead atoms. The first kappa shape index (κ1) is 14.2. The van der Waals surface area contributed by atoms with Gasteiger partial charge in [-0.15, -0.1) is 0 Å². The first-order chi connectivity index (χ1) is 9.17. The predicted molar refractivity (Wildman–Crippen MR) is 77.8 cm³/mol. The van der Waals surface area contributed by atoms with Crippen LogP contribution < -0.4 is 15.4 Å². The highest BCUT2D eigenvalue weighted by atomic mass is 16.5. The largest absolute Gasteiger partial charge is 0.496 e. The molecular formula is C15H24N2O2. The number of piperidine rings is 1. The molecule has 2 N–H and O–H groups in total. The van der Waals surface area contributed by atoms with Crippen LogP contribution in [0.25, 0.3) is 0 Å². The minimum Gasteiger partial charge on any atom is -0.496 e. The van der Waals surface area contributed by atoms with Gasteiger partial charge in [0.15, 0.2) is 0 Å². The van der Waals surface area contributed by atoms with Crippen molar-refractivity contribution in [3.63, 3.8) is 0 Å². The Bertz CT molecular complexity index is 413. The van der Waals surface area contributed by atoms with E-state index in [1.807, 2.05) is 19.1 Å². The molecule has 106 valence electrons. The van der Waals surface area contributed by atoms with Crippen molar-refractivity contribution >= 4 is 5.69 Å². The highest BCUT2D eigenvalue weighted by molar-refractivity contribution is 5.61. The SMILES string of the molecule is COc1cccc(N2CCC(OC)CC2)c1[C@@H](C)N. The molecule has 4 nitrogen and oxygen atoms in total. The number of nitrogens with zero attached hydrogens (tertiary/aromatic N) is 1. The fourth-order valence-corrected chi connectivity index (χ4v) is 2.78. The summed E-state index contributed by atoms with van der Waals surface area (Å²) in [7, 11) is 3.49. The second kappa shape index (κ2) is 6.26. The Hall–Kier alpha value is -1.26. The van der Waals surface area contributed by atoms with E-state index in [1.165, 1.54) is 5.69 Å². The third kappa shape index (κ3) is 3.01. The van der Waals surface area contributed by atoms with Crippen LogP contribution in [0.3, 0.4) is 0 Å². The van der Waals surface area contributed by atoms with E-state index in [-0.39, 0.29) is 6.04 Å². The molecule has 0 saturated carbocycles. The maximum atomic E-state index is 6.12. The van der Waals surface area contributed by atoms with Crippen molar-refractivity contribution in [2.24, 2.45) is 5.73 Å². The number of methoxy groups -OCH3 is 2. The third-order valence-electron chi connectivity index (χ3n) is 3.83. The number of benzene rings is 1. The van der Waals surface area contributed by atoms with Gasteiger partial charge in [-0.25, -0.2) is 0 Å². The van der Waals surface area contributed by atoms with Crippen molar-refractivity contribution in [3.05, 3.63) is 23.8 Å². The van der Waals surface area contributed by atoms with Crippen LogP contribution in [0, 0.1) is 0 Å². The average molecular weight is 264 g/mol. The monoisotopic (exact) mass is 264 g/mol. The number of nitrogens with two attached hydrogens (primary N) is 1. The number of ether oxygens (including phenoxy) is 2. The molecule has 0 unspecified atom stereocenters.